The van der Waals surface area contributed by atoms with Crippen LogP contribution in [0.5, 0.6) is 11.5 Å². The lowest BCUT2D eigenvalue weighted by molar-refractivity contribution is 0.0942. The van der Waals surface area contributed by atoms with Gasteiger partial charge in [0.2, 0.25) is 0 Å². The third kappa shape index (κ3) is 8.63. The Morgan fingerprint density at radius 1 is 0.691 bits per heavy atom. The number of aromatic hydroxyl groups is 1. The third-order valence-electron chi connectivity index (χ3n) is 9.86. The van der Waals surface area contributed by atoms with Gasteiger partial charge >= 0.3 is 0 Å². The van der Waals surface area contributed by atoms with Crippen molar-refractivity contribution in [1.82, 2.24) is 24.7 Å². The van der Waals surface area contributed by atoms with E-state index in [1.807, 2.05) is 69.2 Å². The number of ether oxygens (including phenoxy) is 1. The summed E-state index contributed by atoms with van der Waals surface area (Å²) in [7, 11) is 3.98. The van der Waals surface area contributed by atoms with Crippen molar-refractivity contribution in [2.24, 2.45) is 0 Å². The number of benzene rings is 4. The number of pyridine rings is 2. The fourth-order valence-electron chi connectivity index (χ4n) is 6.27. The zero-order chi connectivity index (χ0) is 38.8. The van der Waals surface area contributed by atoms with E-state index >= 15 is 0 Å². The summed E-state index contributed by atoms with van der Waals surface area (Å²) in [5.41, 5.74) is 3.95. The fraction of sp³-hybridized carbons (Fsp3) is 0.273. The molecule has 2 heterocycles. The summed E-state index contributed by atoms with van der Waals surface area (Å²) in [6.07, 6.45) is 7.59. The molecule has 2 aliphatic carbocycles. The molecule has 2 amide bonds. The number of phenolic OH excluding ortho intramolecular Hbond substituents is 1. The Morgan fingerprint density at radius 3 is 1.67 bits per heavy atom. The lowest BCUT2D eigenvalue weighted by Gasteiger charge is -2.14. The molecule has 0 saturated heterocycles. The topological polar surface area (TPSA) is 135 Å². The predicted octanol–water partition coefficient (Wildman–Crippen LogP) is 6.03. The number of aryl methyl sites for hydroxylation is 2. The number of nitrogens with one attached hydrogen (secondary N) is 2. The number of fused-ring (bicyclic) bond motifs is 2. The van der Waals surface area contributed by atoms with Crippen molar-refractivity contribution < 1.29 is 19.4 Å². The van der Waals surface area contributed by atoms with E-state index in [4.69, 9.17) is 4.74 Å². The highest BCUT2D eigenvalue weighted by Gasteiger charge is 2.25. The largest absolute Gasteiger partial charge is 0.508 e. The molecule has 3 N–H and O–H groups in total. The monoisotopic (exact) mass is 739 g/mol. The van der Waals surface area contributed by atoms with Crippen molar-refractivity contribution in [2.45, 2.75) is 51.6 Å². The van der Waals surface area contributed by atoms with Crippen LogP contribution < -0.4 is 26.5 Å². The van der Waals surface area contributed by atoms with Gasteiger partial charge in [0, 0.05) is 42.1 Å². The molecule has 2 fully saturated rings. The number of carbonyl (C=O) groups is 2. The summed E-state index contributed by atoms with van der Waals surface area (Å²) in [4.78, 5) is 52.9. The van der Waals surface area contributed by atoms with Crippen molar-refractivity contribution >= 4 is 33.4 Å². The Bertz CT molecular complexity index is 2550. The average Bonchev–Trinajstić information content (AvgIpc) is 4.11. The standard InChI is InChI=1S/C24H27N3O3.C20H18N2O3/c1-16-4-5-18(23(28)25-19-7-8-19)14-22(16)27-11-10-17-6-9-20(15-21(17)24(27)29)30-13-12-26(2)3;1-12-2-3-14(19(24)21-15-5-6-15)10-18(12)22-9-8-13-4-7-16(23)11-17(13)20(22)25/h4-6,9-11,14-15,19H,7-8,12-13H2,1-3H3,(H,25,28);2-4,7-11,15,23H,5-6H2,1H3,(H,21,24). The van der Waals surface area contributed by atoms with Crippen molar-refractivity contribution in [3.05, 3.63) is 140 Å². The molecule has 2 aliphatic rings. The minimum atomic E-state index is -0.226. The van der Waals surface area contributed by atoms with E-state index in [0.717, 1.165) is 54.1 Å². The summed E-state index contributed by atoms with van der Waals surface area (Å²) in [6, 6.07) is 25.5. The molecule has 8 rings (SSSR count). The molecule has 0 atom stereocenters. The Kier molecular flexibility index (Phi) is 10.6. The van der Waals surface area contributed by atoms with Gasteiger partial charge in [-0.2, -0.15) is 0 Å². The SMILES string of the molecule is Cc1ccc(C(=O)NC2CC2)cc1-n1ccc2ccc(O)cc2c1=O.Cc1ccc(C(=O)NC2CC2)cc1-n1ccc2ccc(OCCN(C)C)cc2c1=O. The second kappa shape index (κ2) is 15.6. The molecule has 11 nitrogen and oxygen atoms in total. The van der Waals surface area contributed by atoms with E-state index in [0.29, 0.717) is 45.6 Å². The number of aromatic nitrogens is 2. The van der Waals surface area contributed by atoms with Crippen LogP contribution in [0, 0.1) is 13.8 Å². The van der Waals surface area contributed by atoms with Crippen LogP contribution in [0.2, 0.25) is 0 Å². The van der Waals surface area contributed by atoms with E-state index in [1.165, 1.54) is 10.6 Å². The highest BCUT2D eigenvalue weighted by atomic mass is 16.5. The number of phenols is 1. The van der Waals surface area contributed by atoms with E-state index in [9.17, 15) is 24.3 Å². The van der Waals surface area contributed by atoms with Crippen molar-refractivity contribution in [2.75, 3.05) is 27.2 Å². The summed E-state index contributed by atoms with van der Waals surface area (Å²) in [5, 5.41) is 18.3. The predicted molar refractivity (Wildman–Crippen MR) is 215 cm³/mol. The van der Waals surface area contributed by atoms with Crippen LogP contribution >= 0.6 is 0 Å². The molecular formula is C44H45N5O6. The van der Waals surface area contributed by atoms with Crippen molar-refractivity contribution in [3.63, 3.8) is 0 Å². The van der Waals surface area contributed by atoms with E-state index in [1.54, 1.807) is 59.4 Å². The molecule has 11 heteroatoms. The Morgan fingerprint density at radius 2 is 1.18 bits per heavy atom. The van der Waals surface area contributed by atoms with Crippen molar-refractivity contribution in [1.29, 1.82) is 0 Å². The molecule has 55 heavy (non-hydrogen) atoms. The van der Waals surface area contributed by atoms with Crippen molar-refractivity contribution in [3.8, 4) is 22.9 Å². The number of carbonyl (C=O) groups excluding carboxylic acids is 2. The maximum Gasteiger partial charge on any atom is 0.263 e. The van der Waals surface area contributed by atoms with Crippen LogP contribution in [0.1, 0.15) is 57.5 Å². The second-order valence-corrected chi connectivity index (χ2v) is 14.7. The number of hydrogen-bond donors (Lipinski definition) is 3. The molecule has 0 spiro atoms. The van der Waals surface area contributed by atoms with Crippen LogP contribution in [-0.2, 0) is 0 Å². The molecule has 2 aromatic heterocycles. The minimum absolute atomic E-state index is 0.0524. The molecular weight excluding hydrogens is 695 g/mol. The van der Waals surface area contributed by atoms with Crippen LogP contribution in [-0.4, -0.2) is 70.3 Å². The number of likely N-dealkylation sites (N-methyl/N-ethyl adjacent to an activating group) is 1. The fourth-order valence-corrected chi connectivity index (χ4v) is 6.27. The van der Waals surface area contributed by atoms with Gasteiger partial charge in [-0.3, -0.25) is 28.3 Å². The smallest absolute Gasteiger partial charge is 0.263 e. The first kappa shape index (κ1) is 37.1. The Hall–Kier alpha value is -6.20. The molecule has 6 aromatic rings. The summed E-state index contributed by atoms with van der Waals surface area (Å²) < 4.78 is 8.93. The summed E-state index contributed by atoms with van der Waals surface area (Å²) in [6.45, 7) is 5.19. The number of hydrogen-bond acceptors (Lipinski definition) is 7. The van der Waals surface area contributed by atoms with Gasteiger partial charge in [-0.05, 0) is 136 Å². The van der Waals surface area contributed by atoms with E-state index < -0.39 is 0 Å². The quantitative estimate of drug-likeness (QED) is 0.156. The lowest BCUT2D eigenvalue weighted by atomic mass is 10.1. The van der Waals surface area contributed by atoms with Crippen LogP contribution in [0.4, 0.5) is 0 Å². The number of rotatable bonds is 10. The molecule has 2 saturated carbocycles. The van der Waals surface area contributed by atoms with Crippen LogP contribution in [0.15, 0.2) is 107 Å². The van der Waals surface area contributed by atoms with Gasteiger partial charge in [0.25, 0.3) is 22.9 Å². The van der Waals surface area contributed by atoms with Gasteiger partial charge in [0.05, 0.1) is 22.1 Å². The molecule has 0 aliphatic heterocycles. The highest BCUT2D eigenvalue weighted by Crippen LogP contribution is 2.24. The first-order chi connectivity index (χ1) is 26.4. The molecule has 0 radical (unpaired) electrons. The minimum Gasteiger partial charge on any atom is -0.508 e. The zero-order valence-electron chi connectivity index (χ0n) is 31.5. The van der Waals surface area contributed by atoms with Gasteiger partial charge in [0.15, 0.2) is 0 Å². The lowest BCUT2D eigenvalue weighted by Crippen LogP contribution is -2.26. The Labute approximate surface area is 318 Å². The highest BCUT2D eigenvalue weighted by molar-refractivity contribution is 5.96. The second-order valence-electron chi connectivity index (χ2n) is 14.7. The first-order valence-electron chi connectivity index (χ1n) is 18.6. The molecule has 0 bridgehead atoms. The average molecular weight is 740 g/mol. The number of nitrogens with zero attached hydrogens (tertiary/aromatic N) is 3. The van der Waals surface area contributed by atoms with Gasteiger partial charge in [0.1, 0.15) is 18.1 Å². The number of amides is 2. The van der Waals surface area contributed by atoms with E-state index in [-0.39, 0.29) is 40.8 Å². The first-order valence-corrected chi connectivity index (χ1v) is 18.6. The Balaban J connectivity index is 0.000000172. The molecule has 0 unspecified atom stereocenters. The molecule has 282 valence electrons. The maximum atomic E-state index is 13.3. The maximum absolute atomic E-state index is 13.3. The van der Waals surface area contributed by atoms with Crippen LogP contribution in [0.3, 0.4) is 0 Å². The summed E-state index contributed by atoms with van der Waals surface area (Å²) >= 11 is 0. The van der Waals surface area contributed by atoms with Gasteiger partial charge in [-0.25, -0.2) is 0 Å². The van der Waals surface area contributed by atoms with Gasteiger partial charge in [-0.15, -0.1) is 0 Å². The zero-order valence-corrected chi connectivity index (χ0v) is 31.5. The normalized spacial score (nSPS) is 13.7. The van der Waals surface area contributed by atoms with E-state index in [2.05, 4.69) is 10.6 Å². The van der Waals surface area contributed by atoms with Crippen LogP contribution in [0.25, 0.3) is 32.9 Å². The van der Waals surface area contributed by atoms with Gasteiger partial charge < -0.3 is 25.4 Å². The van der Waals surface area contributed by atoms with Gasteiger partial charge in [-0.1, -0.05) is 24.3 Å². The summed E-state index contributed by atoms with van der Waals surface area (Å²) in [5.74, 6) is 0.518. The molecule has 4 aromatic carbocycles. The third-order valence-corrected chi connectivity index (χ3v) is 9.86.